The van der Waals surface area contributed by atoms with Gasteiger partial charge in [-0.1, -0.05) is 20.8 Å². The van der Waals surface area contributed by atoms with Crippen LogP contribution in [-0.2, 0) is 6.42 Å². The fourth-order valence-corrected chi connectivity index (χ4v) is 2.43. The molecule has 0 spiro atoms. The maximum atomic E-state index is 10.4. The molecule has 1 aromatic heterocycles. The number of anilines is 2. The molecule has 5 heteroatoms. The van der Waals surface area contributed by atoms with Gasteiger partial charge in [-0.25, -0.2) is 9.97 Å². The Morgan fingerprint density at radius 3 is 2.33 bits per heavy atom. The Hall–Kier alpha value is -1.36. The first-order valence-corrected chi connectivity index (χ1v) is 7.94. The van der Waals surface area contributed by atoms with E-state index >= 15 is 0 Å². The summed E-state index contributed by atoms with van der Waals surface area (Å²) in [5.74, 6) is 2.90. The summed E-state index contributed by atoms with van der Waals surface area (Å²) in [7, 11) is 0. The molecule has 5 nitrogen and oxygen atoms in total. The quantitative estimate of drug-likeness (QED) is 0.653. The van der Waals surface area contributed by atoms with E-state index in [1.807, 2.05) is 19.9 Å². The van der Waals surface area contributed by atoms with Crippen LogP contribution in [0, 0.1) is 5.92 Å². The largest absolute Gasteiger partial charge is 0.388 e. The van der Waals surface area contributed by atoms with Crippen LogP contribution in [0.3, 0.4) is 0 Å². The van der Waals surface area contributed by atoms with Gasteiger partial charge in [-0.3, -0.25) is 0 Å². The molecule has 1 aromatic rings. The first-order valence-electron chi connectivity index (χ1n) is 7.94. The zero-order valence-corrected chi connectivity index (χ0v) is 14.0. The van der Waals surface area contributed by atoms with Crippen LogP contribution in [0.2, 0.25) is 0 Å². The minimum Gasteiger partial charge on any atom is -0.388 e. The fourth-order valence-electron chi connectivity index (χ4n) is 2.43. The molecular weight excluding hydrogens is 264 g/mol. The molecule has 0 saturated carbocycles. The van der Waals surface area contributed by atoms with Crippen molar-refractivity contribution in [3.63, 3.8) is 0 Å². The lowest BCUT2D eigenvalue weighted by molar-refractivity contribution is 0.0514. The van der Waals surface area contributed by atoms with Gasteiger partial charge in [0, 0.05) is 25.6 Å². The predicted molar refractivity (Wildman–Crippen MR) is 88.8 cm³/mol. The Morgan fingerprint density at radius 2 is 1.81 bits per heavy atom. The standard InChI is InChI=1S/C16H30N4O/c1-6-8-13-19-14(17-7-2)9-15(20-13)18-11-16(5,21)10-12(3)4/h9,12,21H,6-8,10-11H2,1-5H3,(H2,17,18,19,20). The molecule has 1 heterocycles. The monoisotopic (exact) mass is 294 g/mol. The highest BCUT2D eigenvalue weighted by Crippen LogP contribution is 2.18. The molecule has 1 unspecified atom stereocenters. The third-order valence-corrected chi connectivity index (χ3v) is 3.10. The number of hydrogen-bond donors (Lipinski definition) is 3. The second-order valence-electron chi connectivity index (χ2n) is 6.28. The molecule has 0 fully saturated rings. The fraction of sp³-hybridized carbons (Fsp3) is 0.750. The summed E-state index contributed by atoms with van der Waals surface area (Å²) in [6, 6.07) is 1.90. The predicted octanol–water partition coefficient (Wildman–Crippen LogP) is 3.07. The number of aryl methyl sites for hydroxylation is 1. The van der Waals surface area contributed by atoms with Gasteiger partial charge in [0.15, 0.2) is 0 Å². The lowest BCUT2D eigenvalue weighted by atomic mass is 9.94. The van der Waals surface area contributed by atoms with Crippen molar-refractivity contribution in [2.75, 3.05) is 23.7 Å². The average Bonchev–Trinajstić information content (AvgIpc) is 2.36. The van der Waals surface area contributed by atoms with E-state index in [1.165, 1.54) is 0 Å². The molecule has 0 aliphatic rings. The van der Waals surface area contributed by atoms with Crippen LogP contribution in [0.25, 0.3) is 0 Å². The Morgan fingerprint density at radius 1 is 1.19 bits per heavy atom. The van der Waals surface area contributed by atoms with Crippen LogP contribution < -0.4 is 10.6 Å². The van der Waals surface area contributed by atoms with E-state index in [2.05, 4.69) is 41.4 Å². The molecule has 0 radical (unpaired) electrons. The van der Waals surface area contributed by atoms with E-state index < -0.39 is 5.60 Å². The first-order chi connectivity index (χ1) is 9.86. The summed E-state index contributed by atoms with van der Waals surface area (Å²) in [5.41, 5.74) is -0.734. The van der Waals surface area contributed by atoms with Gasteiger partial charge in [-0.2, -0.15) is 0 Å². The van der Waals surface area contributed by atoms with Gasteiger partial charge < -0.3 is 15.7 Å². The van der Waals surface area contributed by atoms with Crippen molar-refractivity contribution in [2.45, 2.75) is 59.5 Å². The summed E-state index contributed by atoms with van der Waals surface area (Å²) in [4.78, 5) is 9.00. The molecule has 0 saturated heterocycles. The van der Waals surface area contributed by atoms with Gasteiger partial charge in [0.25, 0.3) is 0 Å². The van der Waals surface area contributed by atoms with E-state index in [1.54, 1.807) is 0 Å². The van der Waals surface area contributed by atoms with Crippen molar-refractivity contribution in [1.82, 2.24) is 9.97 Å². The van der Waals surface area contributed by atoms with Gasteiger partial charge in [-0.15, -0.1) is 0 Å². The van der Waals surface area contributed by atoms with Crippen LogP contribution in [0.4, 0.5) is 11.6 Å². The molecule has 120 valence electrons. The highest BCUT2D eigenvalue weighted by atomic mass is 16.3. The van der Waals surface area contributed by atoms with Crippen molar-refractivity contribution < 1.29 is 5.11 Å². The first kappa shape index (κ1) is 17.7. The van der Waals surface area contributed by atoms with Gasteiger partial charge >= 0.3 is 0 Å². The molecular formula is C16H30N4O. The highest BCUT2D eigenvalue weighted by Gasteiger charge is 2.21. The Labute approximate surface area is 128 Å². The summed E-state index contributed by atoms with van der Waals surface area (Å²) in [6.07, 6.45) is 2.63. The van der Waals surface area contributed by atoms with Crippen molar-refractivity contribution >= 4 is 11.6 Å². The van der Waals surface area contributed by atoms with Crippen LogP contribution in [0.15, 0.2) is 6.07 Å². The maximum absolute atomic E-state index is 10.4. The molecule has 3 N–H and O–H groups in total. The van der Waals surface area contributed by atoms with E-state index in [0.29, 0.717) is 12.5 Å². The number of rotatable bonds is 9. The normalized spacial score (nSPS) is 14.0. The van der Waals surface area contributed by atoms with E-state index in [4.69, 9.17) is 0 Å². The third-order valence-electron chi connectivity index (χ3n) is 3.10. The van der Waals surface area contributed by atoms with Crippen LogP contribution in [0.5, 0.6) is 0 Å². The van der Waals surface area contributed by atoms with E-state index in [-0.39, 0.29) is 0 Å². The topological polar surface area (TPSA) is 70.1 Å². The third kappa shape index (κ3) is 6.76. The lowest BCUT2D eigenvalue weighted by Crippen LogP contribution is -2.35. The van der Waals surface area contributed by atoms with Gasteiger partial charge in [-0.05, 0) is 32.6 Å². The lowest BCUT2D eigenvalue weighted by Gasteiger charge is -2.26. The zero-order valence-electron chi connectivity index (χ0n) is 14.0. The Kier molecular flexibility index (Phi) is 6.89. The second kappa shape index (κ2) is 8.17. The van der Waals surface area contributed by atoms with E-state index in [9.17, 15) is 5.11 Å². The Balaban J connectivity index is 2.76. The second-order valence-corrected chi connectivity index (χ2v) is 6.28. The number of aliphatic hydroxyl groups is 1. The zero-order chi connectivity index (χ0) is 15.9. The summed E-state index contributed by atoms with van der Waals surface area (Å²) >= 11 is 0. The average molecular weight is 294 g/mol. The number of nitrogens with zero attached hydrogens (tertiary/aromatic N) is 2. The summed E-state index contributed by atoms with van der Waals surface area (Å²) in [5, 5.41) is 16.8. The van der Waals surface area contributed by atoms with Gasteiger partial charge in [0.2, 0.25) is 0 Å². The highest BCUT2D eigenvalue weighted by molar-refractivity contribution is 5.47. The van der Waals surface area contributed by atoms with Crippen molar-refractivity contribution in [2.24, 2.45) is 5.92 Å². The van der Waals surface area contributed by atoms with Crippen molar-refractivity contribution in [3.8, 4) is 0 Å². The molecule has 0 aliphatic heterocycles. The summed E-state index contributed by atoms with van der Waals surface area (Å²) in [6.45, 7) is 11.6. The van der Waals surface area contributed by atoms with Crippen LogP contribution in [-0.4, -0.2) is 33.8 Å². The molecule has 1 rings (SSSR count). The number of hydrogen-bond acceptors (Lipinski definition) is 5. The van der Waals surface area contributed by atoms with E-state index in [0.717, 1.165) is 43.3 Å². The molecule has 21 heavy (non-hydrogen) atoms. The van der Waals surface area contributed by atoms with Crippen LogP contribution >= 0.6 is 0 Å². The van der Waals surface area contributed by atoms with Crippen molar-refractivity contribution in [1.29, 1.82) is 0 Å². The molecule has 1 atom stereocenters. The van der Waals surface area contributed by atoms with Gasteiger partial charge in [0.05, 0.1) is 5.60 Å². The Bertz CT molecular complexity index is 408. The number of nitrogens with one attached hydrogen (secondary N) is 2. The maximum Gasteiger partial charge on any atom is 0.133 e. The SMILES string of the molecule is CCCc1nc(NCC)cc(NCC(C)(O)CC(C)C)n1. The van der Waals surface area contributed by atoms with Crippen LogP contribution in [0.1, 0.15) is 53.3 Å². The molecule has 0 aliphatic carbocycles. The minimum absolute atomic E-state index is 0.458. The minimum atomic E-state index is -0.734. The summed E-state index contributed by atoms with van der Waals surface area (Å²) < 4.78 is 0. The van der Waals surface area contributed by atoms with Crippen molar-refractivity contribution in [3.05, 3.63) is 11.9 Å². The molecule has 0 aromatic carbocycles. The number of aromatic nitrogens is 2. The van der Waals surface area contributed by atoms with Gasteiger partial charge in [0.1, 0.15) is 17.5 Å². The smallest absolute Gasteiger partial charge is 0.133 e. The molecule has 0 bridgehead atoms. The molecule has 0 amide bonds.